The van der Waals surface area contributed by atoms with E-state index in [1.165, 1.54) is 5.57 Å². The van der Waals surface area contributed by atoms with Gasteiger partial charge in [-0.05, 0) is 32.3 Å². The summed E-state index contributed by atoms with van der Waals surface area (Å²) in [5, 5.41) is 4.90. The molecule has 1 saturated heterocycles. The van der Waals surface area contributed by atoms with Gasteiger partial charge in [-0.25, -0.2) is 0 Å². The van der Waals surface area contributed by atoms with Crippen molar-refractivity contribution in [2.24, 2.45) is 0 Å². The highest BCUT2D eigenvalue weighted by Gasteiger charge is 2.27. The first-order chi connectivity index (χ1) is 12.5. The SMILES string of the molecule is C/C=C(\C=C(\C)CC)CC(=O)NC1CCC(=O)NC1=O.CC.CC.CC. The molecule has 0 saturated carbocycles. The molecule has 1 rings (SSSR count). The number of carbonyl (C=O) groups excluding carboxylic acids is 3. The second-order valence-electron chi connectivity index (χ2n) is 4.96. The van der Waals surface area contributed by atoms with Crippen molar-refractivity contribution in [2.45, 2.75) is 94.0 Å². The standard InChI is InChI=1S/C15H22N2O3.3C2H6/c1-4-10(3)8-11(5-2)9-14(19)16-12-6-7-13(18)17-15(12)20;3*1-2/h5,8,12H,4,6-7,9H2,1-3H3,(H,16,19)(H,17,18,20);3*1-2H3/b10-8-,11-5+;;;. The Morgan fingerprint density at radius 1 is 1.15 bits per heavy atom. The second-order valence-corrected chi connectivity index (χ2v) is 4.96. The Kier molecular flexibility index (Phi) is 21.6. The fourth-order valence-electron chi connectivity index (χ4n) is 1.92. The molecule has 26 heavy (non-hydrogen) atoms. The zero-order valence-electron chi connectivity index (χ0n) is 18.3. The van der Waals surface area contributed by atoms with E-state index in [4.69, 9.17) is 0 Å². The van der Waals surface area contributed by atoms with E-state index in [2.05, 4.69) is 17.6 Å². The molecule has 0 aromatic carbocycles. The summed E-state index contributed by atoms with van der Waals surface area (Å²) < 4.78 is 0. The average molecular weight is 369 g/mol. The Morgan fingerprint density at radius 2 is 1.69 bits per heavy atom. The van der Waals surface area contributed by atoms with Crippen LogP contribution in [-0.4, -0.2) is 23.8 Å². The van der Waals surface area contributed by atoms with Crippen LogP contribution in [0.4, 0.5) is 0 Å². The molecular formula is C21H40N2O3. The van der Waals surface area contributed by atoms with E-state index in [1.54, 1.807) is 0 Å². The van der Waals surface area contributed by atoms with Crippen LogP contribution in [0.5, 0.6) is 0 Å². The summed E-state index contributed by atoms with van der Waals surface area (Å²) in [4.78, 5) is 34.5. The van der Waals surface area contributed by atoms with Crippen LogP contribution in [-0.2, 0) is 14.4 Å². The summed E-state index contributed by atoms with van der Waals surface area (Å²) in [7, 11) is 0. The third-order valence-electron chi connectivity index (χ3n) is 3.30. The van der Waals surface area contributed by atoms with Crippen LogP contribution in [0.25, 0.3) is 0 Å². The molecule has 1 atom stereocenters. The minimum atomic E-state index is -0.602. The molecule has 0 spiro atoms. The molecular weight excluding hydrogens is 328 g/mol. The van der Waals surface area contributed by atoms with Crippen molar-refractivity contribution in [3.63, 3.8) is 0 Å². The number of rotatable bonds is 5. The summed E-state index contributed by atoms with van der Waals surface area (Å²) in [5.41, 5.74) is 2.13. The molecule has 1 heterocycles. The van der Waals surface area contributed by atoms with Crippen LogP contribution in [0.15, 0.2) is 23.3 Å². The summed E-state index contributed by atoms with van der Waals surface area (Å²) in [6, 6.07) is -0.602. The van der Waals surface area contributed by atoms with Crippen molar-refractivity contribution < 1.29 is 14.4 Å². The summed E-state index contributed by atoms with van der Waals surface area (Å²) in [6.45, 7) is 18.0. The molecule has 1 unspecified atom stereocenters. The van der Waals surface area contributed by atoms with Gasteiger partial charge in [0.15, 0.2) is 0 Å². The molecule has 3 amide bonds. The van der Waals surface area contributed by atoms with Gasteiger partial charge in [0.1, 0.15) is 6.04 Å². The second kappa shape index (κ2) is 19.4. The lowest BCUT2D eigenvalue weighted by Crippen LogP contribution is -2.52. The van der Waals surface area contributed by atoms with Crippen molar-refractivity contribution in [3.8, 4) is 0 Å². The molecule has 1 fully saturated rings. The van der Waals surface area contributed by atoms with Crippen molar-refractivity contribution in [1.82, 2.24) is 10.6 Å². The Labute approximate surface area is 160 Å². The number of imide groups is 1. The molecule has 1 aliphatic rings. The van der Waals surface area contributed by atoms with E-state index in [0.717, 1.165) is 12.0 Å². The first kappa shape index (κ1) is 28.9. The van der Waals surface area contributed by atoms with Crippen molar-refractivity contribution in [3.05, 3.63) is 23.3 Å². The highest BCUT2D eigenvalue weighted by atomic mass is 16.2. The maximum absolute atomic E-state index is 11.9. The molecule has 5 heteroatoms. The fourth-order valence-corrected chi connectivity index (χ4v) is 1.92. The lowest BCUT2D eigenvalue weighted by molar-refractivity contribution is -0.137. The van der Waals surface area contributed by atoms with E-state index >= 15 is 0 Å². The third-order valence-corrected chi connectivity index (χ3v) is 3.30. The molecule has 0 aliphatic carbocycles. The van der Waals surface area contributed by atoms with Crippen LogP contribution in [0.1, 0.15) is 88.0 Å². The van der Waals surface area contributed by atoms with E-state index in [0.29, 0.717) is 6.42 Å². The summed E-state index contributed by atoms with van der Waals surface area (Å²) in [6.07, 6.45) is 5.69. The summed E-state index contributed by atoms with van der Waals surface area (Å²) >= 11 is 0. The van der Waals surface area contributed by atoms with Gasteiger partial charge in [0.05, 0.1) is 6.42 Å². The van der Waals surface area contributed by atoms with Gasteiger partial charge in [0.25, 0.3) is 0 Å². The Balaban J connectivity index is -0.000000795. The maximum Gasteiger partial charge on any atom is 0.249 e. The molecule has 152 valence electrons. The first-order valence-corrected chi connectivity index (χ1v) is 9.91. The normalized spacial score (nSPS) is 16.6. The number of allylic oxidation sites excluding steroid dienone is 3. The predicted molar refractivity (Wildman–Crippen MR) is 111 cm³/mol. The summed E-state index contributed by atoms with van der Waals surface area (Å²) in [5.74, 6) is -0.902. The number of hydrogen-bond donors (Lipinski definition) is 2. The predicted octanol–water partition coefficient (Wildman–Crippen LogP) is 4.68. The molecule has 0 radical (unpaired) electrons. The number of hydrogen-bond acceptors (Lipinski definition) is 3. The Hall–Kier alpha value is -1.91. The zero-order chi connectivity index (χ0) is 21.1. The number of piperidine rings is 1. The van der Waals surface area contributed by atoms with Crippen LogP contribution < -0.4 is 10.6 Å². The van der Waals surface area contributed by atoms with Gasteiger partial charge < -0.3 is 5.32 Å². The topological polar surface area (TPSA) is 75.3 Å². The molecule has 0 bridgehead atoms. The van der Waals surface area contributed by atoms with Crippen LogP contribution in [0.2, 0.25) is 0 Å². The lowest BCUT2D eigenvalue weighted by Gasteiger charge is -2.21. The zero-order valence-corrected chi connectivity index (χ0v) is 18.3. The lowest BCUT2D eigenvalue weighted by atomic mass is 10.0. The van der Waals surface area contributed by atoms with Gasteiger partial charge in [0.2, 0.25) is 17.7 Å². The fraction of sp³-hybridized carbons (Fsp3) is 0.667. The highest BCUT2D eigenvalue weighted by molar-refractivity contribution is 6.01. The van der Waals surface area contributed by atoms with E-state index in [-0.39, 0.29) is 24.7 Å². The van der Waals surface area contributed by atoms with Gasteiger partial charge in [-0.15, -0.1) is 0 Å². The average Bonchev–Trinajstić information content (AvgIpc) is 2.68. The van der Waals surface area contributed by atoms with Gasteiger partial charge >= 0.3 is 0 Å². The number of nitrogens with one attached hydrogen (secondary N) is 2. The third kappa shape index (κ3) is 13.4. The number of carbonyl (C=O) groups is 3. The van der Waals surface area contributed by atoms with Gasteiger partial charge in [-0.1, -0.05) is 66.2 Å². The van der Waals surface area contributed by atoms with E-state index in [9.17, 15) is 14.4 Å². The smallest absolute Gasteiger partial charge is 0.249 e. The first-order valence-electron chi connectivity index (χ1n) is 9.91. The van der Waals surface area contributed by atoms with Crippen LogP contribution in [0, 0.1) is 0 Å². The van der Waals surface area contributed by atoms with Crippen LogP contribution in [0.3, 0.4) is 0 Å². The van der Waals surface area contributed by atoms with Gasteiger partial charge in [-0.2, -0.15) is 0 Å². The highest BCUT2D eigenvalue weighted by Crippen LogP contribution is 2.11. The molecule has 2 N–H and O–H groups in total. The van der Waals surface area contributed by atoms with Gasteiger partial charge in [0, 0.05) is 6.42 Å². The minimum absolute atomic E-state index is 0.201. The Morgan fingerprint density at radius 3 is 2.12 bits per heavy atom. The molecule has 5 nitrogen and oxygen atoms in total. The number of amides is 3. The maximum atomic E-state index is 11.9. The monoisotopic (exact) mass is 368 g/mol. The van der Waals surface area contributed by atoms with Crippen molar-refractivity contribution in [2.75, 3.05) is 0 Å². The Bertz CT molecular complexity index is 466. The van der Waals surface area contributed by atoms with E-state index in [1.807, 2.05) is 67.5 Å². The molecule has 0 aromatic rings. The quantitative estimate of drug-likeness (QED) is 0.546. The molecule has 0 aromatic heterocycles. The largest absolute Gasteiger partial charge is 0.344 e. The van der Waals surface area contributed by atoms with E-state index < -0.39 is 11.9 Å². The van der Waals surface area contributed by atoms with Crippen LogP contribution >= 0.6 is 0 Å². The van der Waals surface area contributed by atoms with Gasteiger partial charge in [-0.3, -0.25) is 19.7 Å². The minimum Gasteiger partial charge on any atom is -0.344 e. The van der Waals surface area contributed by atoms with Crippen molar-refractivity contribution in [1.29, 1.82) is 0 Å². The molecule has 1 aliphatic heterocycles. The van der Waals surface area contributed by atoms with Crippen molar-refractivity contribution >= 4 is 17.7 Å².